The van der Waals surface area contributed by atoms with Crippen LogP contribution >= 0.6 is 0 Å². The Morgan fingerprint density at radius 3 is 2.67 bits per heavy atom. The van der Waals surface area contributed by atoms with E-state index in [1.165, 1.54) is 5.56 Å². The minimum absolute atomic E-state index is 0.938. The van der Waals surface area contributed by atoms with Crippen LogP contribution in [0, 0.1) is 6.10 Å². The molecular formula is C11H11O. The number of hydrogen-bond acceptors (Lipinski definition) is 1. The van der Waals surface area contributed by atoms with E-state index in [1.807, 2.05) is 12.1 Å². The Labute approximate surface area is 72.7 Å². The van der Waals surface area contributed by atoms with Crippen molar-refractivity contribution in [3.63, 3.8) is 0 Å². The van der Waals surface area contributed by atoms with E-state index < -0.39 is 0 Å². The van der Waals surface area contributed by atoms with Gasteiger partial charge < -0.3 is 4.74 Å². The average Bonchev–Trinajstić information content (AvgIpc) is 2.59. The summed E-state index contributed by atoms with van der Waals surface area (Å²) in [6.45, 7) is 0. The van der Waals surface area contributed by atoms with Gasteiger partial charge in [-0.25, -0.2) is 0 Å². The smallest absolute Gasteiger partial charge is 0.156 e. The van der Waals surface area contributed by atoms with Crippen LogP contribution in [0.3, 0.4) is 0 Å². The third-order valence-electron chi connectivity index (χ3n) is 1.92. The number of benzene rings is 1. The molecule has 0 saturated carbocycles. The summed E-state index contributed by atoms with van der Waals surface area (Å²) >= 11 is 0. The summed E-state index contributed by atoms with van der Waals surface area (Å²) in [4.78, 5) is 0. The predicted molar refractivity (Wildman–Crippen MR) is 48.2 cm³/mol. The molecule has 1 aliphatic heterocycles. The highest BCUT2D eigenvalue weighted by molar-refractivity contribution is 5.19. The molecule has 1 aromatic carbocycles. The third kappa shape index (κ3) is 1.67. The SMILES string of the molecule is C1=CO[C](Cc2ccccc2)C1. The molecule has 0 N–H and O–H groups in total. The first-order valence-corrected chi connectivity index (χ1v) is 4.15. The normalized spacial score (nSPS) is 16.3. The topological polar surface area (TPSA) is 9.23 Å². The molecule has 1 aromatic rings. The van der Waals surface area contributed by atoms with Crippen LogP contribution in [0.2, 0.25) is 0 Å². The van der Waals surface area contributed by atoms with Gasteiger partial charge in [0, 0.05) is 12.8 Å². The zero-order valence-corrected chi connectivity index (χ0v) is 6.86. The van der Waals surface area contributed by atoms with Gasteiger partial charge in [0.1, 0.15) is 0 Å². The van der Waals surface area contributed by atoms with Gasteiger partial charge in [-0.1, -0.05) is 30.3 Å². The van der Waals surface area contributed by atoms with Gasteiger partial charge in [0.15, 0.2) is 6.10 Å². The summed E-state index contributed by atoms with van der Waals surface area (Å²) in [7, 11) is 0. The second kappa shape index (κ2) is 3.44. The van der Waals surface area contributed by atoms with E-state index in [0.717, 1.165) is 18.9 Å². The van der Waals surface area contributed by atoms with Crippen LogP contribution in [0.1, 0.15) is 12.0 Å². The number of hydrogen-bond donors (Lipinski definition) is 0. The Bertz CT molecular complexity index is 256. The minimum Gasteiger partial charge on any atom is -0.490 e. The lowest BCUT2D eigenvalue weighted by Crippen LogP contribution is -1.98. The molecule has 1 nitrogen and oxygen atoms in total. The van der Waals surface area contributed by atoms with Crippen LogP contribution in [0.25, 0.3) is 0 Å². The fourth-order valence-corrected chi connectivity index (χ4v) is 1.31. The van der Waals surface area contributed by atoms with Crippen LogP contribution in [0.5, 0.6) is 0 Å². The Morgan fingerprint density at radius 2 is 2.00 bits per heavy atom. The predicted octanol–water partition coefficient (Wildman–Crippen LogP) is 2.70. The van der Waals surface area contributed by atoms with Gasteiger partial charge in [-0.3, -0.25) is 0 Å². The van der Waals surface area contributed by atoms with Gasteiger partial charge in [-0.05, 0) is 11.6 Å². The van der Waals surface area contributed by atoms with E-state index >= 15 is 0 Å². The van der Waals surface area contributed by atoms with Gasteiger partial charge in [-0.2, -0.15) is 0 Å². The van der Waals surface area contributed by atoms with Gasteiger partial charge in [-0.15, -0.1) is 0 Å². The largest absolute Gasteiger partial charge is 0.490 e. The Morgan fingerprint density at radius 1 is 1.17 bits per heavy atom. The van der Waals surface area contributed by atoms with E-state index in [0.29, 0.717) is 0 Å². The molecule has 0 amide bonds. The quantitative estimate of drug-likeness (QED) is 0.644. The summed E-state index contributed by atoms with van der Waals surface area (Å²) < 4.78 is 5.29. The summed E-state index contributed by atoms with van der Waals surface area (Å²) in [5.74, 6) is 0. The van der Waals surface area contributed by atoms with E-state index in [9.17, 15) is 0 Å². The molecular weight excluding hydrogens is 148 g/mol. The molecule has 1 heterocycles. The molecule has 1 aliphatic rings. The van der Waals surface area contributed by atoms with E-state index in [2.05, 4.69) is 24.3 Å². The molecule has 0 fully saturated rings. The lowest BCUT2D eigenvalue weighted by molar-refractivity contribution is 0.273. The molecule has 1 radical (unpaired) electrons. The summed E-state index contributed by atoms with van der Waals surface area (Å²) in [5, 5.41) is 0. The van der Waals surface area contributed by atoms with Crippen molar-refractivity contribution in [2.45, 2.75) is 12.8 Å². The van der Waals surface area contributed by atoms with Crippen molar-refractivity contribution in [1.29, 1.82) is 0 Å². The molecule has 12 heavy (non-hydrogen) atoms. The second-order valence-electron chi connectivity index (χ2n) is 2.89. The maximum atomic E-state index is 5.29. The lowest BCUT2D eigenvalue weighted by Gasteiger charge is -2.07. The summed E-state index contributed by atoms with van der Waals surface area (Å²) in [5.41, 5.74) is 1.32. The number of ether oxygens (including phenoxy) is 1. The molecule has 0 bridgehead atoms. The van der Waals surface area contributed by atoms with Gasteiger partial charge >= 0.3 is 0 Å². The first-order chi connectivity index (χ1) is 5.95. The van der Waals surface area contributed by atoms with Gasteiger partial charge in [0.2, 0.25) is 0 Å². The second-order valence-corrected chi connectivity index (χ2v) is 2.89. The highest BCUT2D eigenvalue weighted by Gasteiger charge is 2.12. The van der Waals surface area contributed by atoms with Crippen LogP contribution in [-0.4, -0.2) is 0 Å². The fraction of sp³-hybridized carbons (Fsp3) is 0.182. The Hall–Kier alpha value is -1.24. The molecule has 61 valence electrons. The van der Waals surface area contributed by atoms with Crippen molar-refractivity contribution < 1.29 is 4.74 Å². The minimum atomic E-state index is 0.938. The van der Waals surface area contributed by atoms with E-state index in [4.69, 9.17) is 4.74 Å². The molecule has 2 rings (SSSR count). The van der Waals surface area contributed by atoms with Gasteiger partial charge in [0.05, 0.1) is 6.26 Å². The zero-order chi connectivity index (χ0) is 8.23. The zero-order valence-electron chi connectivity index (χ0n) is 6.86. The van der Waals surface area contributed by atoms with Crippen molar-refractivity contribution >= 4 is 0 Å². The molecule has 0 aliphatic carbocycles. The van der Waals surface area contributed by atoms with Gasteiger partial charge in [0.25, 0.3) is 0 Å². The molecule has 1 heteroatoms. The average molecular weight is 159 g/mol. The van der Waals surface area contributed by atoms with Crippen molar-refractivity contribution in [3.05, 3.63) is 54.3 Å². The van der Waals surface area contributed by atoms with Crippen LogP contribution in [0.4, 0.5) is 0 Å². The molecule has 0 atom stereocenters. The van der Waals surface area contributed by atoms with Crippen molar-refractivity contribution in [1.82, 2.24) is 0 Å². The highest BCUT2D eigenvalue weighted by Crippen LogP contribution is 2.21. The summed E-state index contributed by atoms with van der Waals surface area (Å²) in [6, 6.07) is 10.4. The van der Waals surface area contributed by atoms with Crippen LogP contribution < -0.4 is 0 Å². The van der Waals surface area contributed by atoms with Crippen molar-refractivity contribution in [3.8, 4) is 0 Å². The Balaban J connectivity index is 1.95. The van der Waals surface area contributed by atoms with E-state index in [1.54, 1.807) is 6.26 Å². The van der Waals surface area contributed by atoms with Crippen molar-refractivity contribution in [2.75, 3.05) is 0 Å². The first-order valence-electron chi connectivity index (χ1n) is 4.15. The third-order valence-corrected chi connectivity index (χ3v) is 1.92. The molecule has 0 spiro atoms. The first kappa shape index (κ1) is 7.41. The van der Waals surface area contributed by atoms with Crippen molar-refractivity contribution in [2.24, 2.45) is 0 Å². The standard InChI is InChI=1S/C11H11O/c1-2-5-10(6-3-1)9-11-7-4-8-12-11/h1-6,8H,7,9H2. The highest BCUT2D eigenvalue weighted by atomic mass is 16.5. The Kier molecular flexibility index (Phi) is 2.12. The monoisotopic (exact) mass is 159 g/mol. The maximum absolute atomic E-state index is 5.29. The lowest BCUT2D eigenvalue weighted by atomic mass is 10.1. The summed E-state index contributed by atoms with van der Waals surface area (Å²) in [6.07, 6.45) is 6.85. The molecule has 0 aromatic heterocycles. The van der Waals surface area contributed by atoms with Crippen LogP contribution in [-0.2, 0) is 11.2 Å². The maximum Gasteiger partial charge on any atom is 0.156 e. The van der Waals surface area contributed by atoms with E-state index in [-0.39, 0.29) is 0 Å². The van der Waals surface area contributed by atoms with Crippen LogP contribution in [0.15, 0.2) is 42.7 Å². The molecule has 0 saturated heterocycles. The number of rotatable bonds is 2. The molecule has 0 unspecified atom stereocenters. The fourth-order valence-electron chi connectivity index (χ4n) is 1.31.